The van der Waals surface area contributed by atoms with Gasteiger partial charge in [-0.15, -0.1) is 12.4 Å². The number of hydrogen-bond donors (Lipinski definition) is 2. The molecule has 2 atom stereocenters. The second kappa shape index (κ2) is 6.21. The summed E-state index contributed by atoms with van der Waals surface area (Å²) in [5.74, 6) is 0.443. The number of rotatable bonds is 2. The number of nitrogens with zero attached hydrogens (tertiary/aromatic N) is 1. The van der Waals surface area contributed by atoms with Crippen LogP contribution in [0.2, 0.25) is 0 Å². The van der Waals surface area contributed by atoms with E-state index in [1.807, 2.05) is 0 Å². The molecular weight excluding hydrogens is 242 g/mol. The number of nitrogens with one attached hydrogen (secondary N) is 1. The number of hydrogen-bond acceptors (Lipinski definition) is 3. The molecule has 0 aromatic heterocycles. The van der Waals surface area contributed by atoms with Crippen LogP contribution in [0.4, 0.5) is 0 Å². The van der Waals surface area contributed by atoms with E-state index in [1.54, 1.807) is 4.90 Å². The van der Waals surface area contributed by atoms with Gasteiger partial charge in [-0.3, -0.25) is 9.59 Å². The van der Waals surface area contributed by atoms with Crippen LogP contribution in [-0.4, -0.2) is 42.9 Å². The smallest absolute Gasteiger partial charge is 0.239 e. The van der Waals surface area contributed by atoms with Gasteiger partial charge in [0.2, 0.25) is 11.8 Å². The maximum Gasteiger partial charge on any atom is 0.239 e. The van der Waals surface area contributed by atoms with Crippen LogP contribution in [0.3, 0.4) is 0 Å². The zero-order valence-electron chi connectivity index (χ0n) is 9.85. The lowest BCUT2D eigenvalue weighted by Gasteiger charge is -2.30. The molecular formula is C11H20ClN3O2. The van der Waals surface area contributed by atoms with Crippen molar-refractivity contribution in [2.45, 2.75) is 19.3 Å². The number of halogens is 1. The first-order valence-electron chi connectivity index (χ1n) is 5.98. The molecule has 98 valence electrons. The summed E-state index contributed by atoms with van der Waals surface area (Å²) in [5.41, 5.74) is 5.67. The molecule has 0 spiro atoms. The van der Waals surface area contributed by atoms with Crippen LogP contribution >= 0.6 is 12.4 Å². The minimum absolute atomic E-state index is 0. The normalized spacial score (nSPS) is 28.5. The molecule has 1 saturated carbocycles. The molecule has 3 N–H and O–H groups in total. The molecule has 2 amide bonds. The van der Waals surface area contributed by atoms with Crippen LogP contribution in [0.15, 0.2) is 0 Å². The average molecular weight is 262 g/mol. The SMILES string of the molecule is Cl.NC[C@H]1CCC[C@H]1C(=O)N1CCNC(=O)C1. The fourth-order valence-corrected chi connectivity index (χ4v) is 2.71. The predicted octanol–water partition coefficient (Wildman–Crippen LogP) is -0.258. The van der Waals surface area contributed by atoms with E-state index in [1.165, 1.54) is 0 Å². The molecule has 6 heteroatoms. The Kier molecular flexibility index (Phi) is 5.21. The summed E-state index contributed by atoms with van der Waals surface area (Å²) in [4.78, 5) is 25.1. The summed E-state index contributed by atoms with van der Waals surface area (Å²) in [6.07, 6.45) is 3.06. The van der Waals surface area contributed by atoms with Crippen molar-refractivity contribution in [3.8, 4) is 0 Å². The van der Waals surface area contributed by atoms with Gasteiger partial charge in [0.15, 0.2) is 0 Å². The third-order valence-corrected chi connectivity index (χ3v) is 3.63. The van der Waals surface area contributed by atoms with E-state index in [2.05, 4.69) is 5.32 Å². The molecule has 17 heavy (non-hydrogen) atoms. The monoisotopic (exact) mass is 261 g/mol. The molecule has 1 saturated heterocycles. The molecule has 0 unspecified atom stereocenters. The second-order valence-corrected chi connectivity index (χ2v) is 4.64. The van der Waals surface area contributed by atoms with Crippen LogP contribution in [0.25, 0.3) is 0 Å². The summed E-state index contributed by atoms with van der Waals surface area (Å²) >= 11 is 0. The van der Waals surface area contributed by atoms with Crippen molar-refractivity contribution >= 4 is 24.2 Å². The molecule has 0 radical (unpaired) electrons. The van der Waals surface area contributed by atoms with Gasteiger partial charge >= 0.3 is 0 Å². The molecule has 0 bridgehead atoms. The fraction of sp³-hybridized carbons (Fsp3) is 0.818. The zero-order chi connectivity index (χ0) is 11.5. The summed E-state index contributed by atoms with van der Waals surface area (Å²) in [7, 11) is 0. The van der Waals surface area contributed by atoms with Crippen molar-refractivity contribution in [3.05, 3.63) is 0 Å². The summed E-state index contributed by atoms with van der Waals surface area (Å²) in [6.45, 7) is 2.01. The maximum atomic E-state index is 12.2. The van der Waals surface area contributed by atoms with E-state index in [4.69, 9.17) is 5.73 Å². The molecule has 5 nitrogen and oxygen atoms in total. The van der Waals surface area contributed by atoms with Crippen LogP contribution in [0, 0.1) is 11.8 Å². The van der Waals surface area contributed by atoms with Gasteiger partial charge < -0.3 is 16.0 Å². The Morgan fingerprint density at radius 1 is 1.47 bits per heavy atom. The first kappa shape index (κ1) is 14.3. The minimum atomic E-state index is -0.0538. The Hall–Kier alpha value is -0.810. The standard InChI is InChI=1S/C11H19N3O2.ClH/c12-6-8-2-1-3-9(8)11(16)14-5-4-13-10(15)7-14;/h8-9H,1-7,12H2,(H,13,15);1H/t8-,9-;/m1./s1. The van der Waals surface area contributed by atoms with E-state index in [-0.39, 0.29) is 36.7 Å². The summed E-state index contributed by atoms with van der Waals surface area (Å²) in [5, 5.41) is 2.73. The first-order chi connectivity index (χ1) is 7.72. The van der Waals surface area contributed by atoms with Crippen molar-refractivity contribution in [1.29, 1.82) is 0 Å². The van der Waals surface area contributed by atoms with Gasteiger partial charge in [-0.05, 0) is 25.3 Å². The largest absolute Gasteiger partial charge is 0.353 e. The Labute approximate surface area is 108 Å². The van der Waals surface area contributed by atoms with Crippen LogP contribution in [-0.2, 0) is 9.59 Å². The van der Waals surface area contributed by atoms with Gasteiger partial charge in [-0.2, -0.15) is 0 Å². The molecule has 0 aromatic carbocycles. The van der Waals surface area contributed by atoms with Crippen molar-refractivity contribution in [3.63, 3.8) is 0 Å². The van der Waals surface area contributed by atoms with Gasteiger partial charge in [0.25, 0.3) is 0 Å². The van der Waals surface area contributed by atoms with Crippen LogP contribution < -0.4 is 11.1 Å². The van der Waals surface area contributed by atoms with Gasteiger partial charge in [-0.1, -0.05) is 6.42 Å². The van der Waals surface area contributed by atoms with Gasteiger partial charge in [0, 0.05) is 19.0 Å². The highest BCUT2D eigenvalue weighted by Gasteiger charge is 2.35. The highest BCUT2D eigenvalue weighted by atomic mass is 35.5. The van der Waals surface area contributed by atoms with Gasteiger partial charge in [-0.25, -0.2) is 0 Å². The Morgan fingerprint density at radius 2 is 2.24 bits per heavy atom. The average Bonchev–Trinajstić information content (AvgIpc) is 2.76. The van der Waals surface area contributed by atoms with Gasteiger partial charge in [0.1, 0.15) is 0 Å². The van der Waals surface area contributed by atoms with Crippen molar-refractivity contribution in [2.24, 2.45) is 17.6 Å². The van der Waals surface area contributed by atoms with Crippen LogP contribution in [0.5, 0.6) is 0 Å². The fourth-order valence-electron chi connectivity index (χ4n) is 2.71. The maximum absolute atomic E-state index is 12.2. The Balaban J connectivity index is 0.00000144. The van der Waals surface area contributed by atoms with Crippen LogP contribution in [0.1, 0.15) is 19.3 Å². The third kappa shape index (κ3) is 3.10. The first-order valence-corrected chi connectivity index (χ1v) is 5.98. The molecule has 2 rings (SSSR count). The Bertz CT molecular complexity index is 298. The molecule has 2 fully saturated rings. The van der Waals surface area contributed by atoms with E-state index >= 15 is 0 Å². The second-order valence-electron chi connectivity index (χ2n) is 4.64. The lowest BCUT2D eigenvalue weighted by molar-refractivity contribution is -0.142. The highest BCUT2D eigenvalue weighted by Crippen LogP contribution is 2.32. The predicted molar refractivity (Wildman–Crippen MR) is 66.7 cm³/mol. The number of carbonyl (C=O) groups excluding carboxylic acids is 2. The number of nitrogens with two attached hydrogens (primary N) is 1. The molecule has 2 aliphatic rings. The number of piperazine rings is 1. The van der Waals surface area contributed by atoms with Gasteiger partial charge in [0.05, 0.1) is 6.54 Å². The van der Waals surface area contributed by atoms with Crippen molar-refractivity contribution < 1.29 is 9.59 Å². The summed E-state index contributed by atoms with van der Waals surface area (Å²) in [6, 6.07) is 0. The van der Waals surface area contributed by atoms with E-state index < -0.39 is 0 Å². The quantitative estimate of drug-likeness (QED) is 0.719. The van der Waals surface area contributed by atoms with E-state index in [9.17, 15) is 9.59 Å². The number of amides is 2. The van der Waals surface area contributed by atoms with Crippen molar-refractivity contribution in [1.82, 2.24) is 10.2 Å². The summed E-state index contributed by atoms with van der Waals surface area (Å²) < 4.78 is 0. The molecule has 0 aromatic rings. The number of carbonyl (C=O) groups is 2. The highest BCUT2D eigenvalue weighted by molar-refractivity contribution is 5.87. The van der Waals surface area contributed by atoms with E-state index in [0.717, 1.165) is 19.3 Å². The Morgan fingerprint density at radius 3 is 2.88 bits per heavy atom. The lowest BCUT2D eigenvalue weighted by atomic mass is 9.94. The van der Waals surface area contributed by atoms with Crippen molar-refractivity contribution in [2.75, 3.05) is 26.2 Å². The third-order valence-electron chi connectivity index (χ3n) is 3.63. The topological polar surface area (TPSA) is 75.4 Å². The molecule has 1 aliphatic heterocycles. The van der Waals surface area contributed by atoms with E-state index in [0.29, 0.717) is 25.6 Å². The zero-order valence-corrected chi connectivity index (χ0v) is 10.7. The molecule has 1 aliphatic carbocycles. The minimum Gasteiger partial charge on any atom is -0.353 e. The molecule has 1 heterocycles. The lowest BCUT2D eigenvalue weighted by Crippen LogP contribution is -2.52.